The molecule has 0 bridgehead atoms. The van der Waals surface area contributed by atoms with Crippen molar-refractivity contribution in [2.45, 2.75) is 71.6 Å². The van der Waals surface area contributed by atoms with Crippen molar-refractivity contribution in [1.29, 1.82) is 0 Å². The second-order valence-electron chi connectivity index (χ2n) is 8.80. The van der Waals surface area contributed by atoms with Crippen LogP contribution in [0.15, 0.2) is 0 Å². The van der Waals surface area contributed by atoms with Gasteiger partial charge >= 0.3 is 0 Å². The summed E-state index contributed by atoms with van der Waals surface area (Å²) < 4.78 is 0. The van der Waals surface area contributed by atoms with E-state index in [9.17, 15) is 9.59 Å². The van der Waals surface area contributed by atoms with Crippen LogP contribution < -0.4 is 0 Å². The first-order valence-electron chi connectivity index (χ1n) is 9.03. The molecule has 6 atom stereocenters. The standard InChI is InChI=1S/C19H28O2/c1-18-10-4-3-5-12(18)6-7-13-14-8-9-16(21)19(14,2)11-15(20)17(13)18/h12-14,17H,3-11H2,1-2H3/t12-,13+,14+,17-,18+,19+/m1/s1. The minimum absolute atomic E-state index is 0.241. The van der Waals surface area contributed by atoms with Crippen molar-refractivity contribution in [3.8, 4) is 0 Å². The lowest BCUT2D eigenvalue weighted by molar-refractivity contribution is -0.159. The van der Waals surface area contributed by atoms with Gasteiger partial charge in [-0.05, 0) is 55.3 Å². The lowest BCUT2D eigenvalue weighted by Gasteiger charge is -2.58. The first kappa shape index (κ1) is 14.0. The van der Waals surface area contributed by atoms with Crippen LogP contribution in [0.4, 0.5) is 0 Å². The molecule has 0 aromatic rings. The van der Waals surface area contributed by atoms with Crippen molar-refractivity contribution in [2.75, 3.05) is 0 Å². The average molecular weight is 288 g/mol. The Morgan fingerprint density at radius 1 is 1.00 bits per heavy atom. The van der Waals surface area contributed by atoms with E-state index in [-0.39, 0.29) is 16.7 Å². The third kappa shape index (κ3) is 1.71. The fourth-order valence-corrected chi connectivity index (χ4v) is 6.89. The zero-order valence-corrected chi connectivity index (χ0v) is 13.5. The molecular weight excluding hydrogens is 260 g/mol. The van der Waals surface area contributed by atoms with E-state index in [0.29, 0.717) is 29.8 Å². The maximum Gasteiger partial charge on any atom is 0.139 e. The number of carbonyl (C=O) groups excluding carboxylic acids is 2. The fourth-order valence-electron chi connectivity index (χ4n) is 6.89. The highest BCUT2D eigenvalue weighted by molar-refractivity contribution is 5.95. The Bertz CT molecular complexity index is 496. The maximum atomic E-state index is 13.0. The molecule has 2 nitrogen and oxygen atoms in total. The first-order valence-corrected chi connectivity index (χ1v) is 9.03. The van der Waals surface area contributed by atoms with Gasteiger partial charge in [0.25, 0.3) is 0 Å². The molecule has 4 saturated carbocycles. The zero-order valence-electron chi connectivity index (χ0n) is 13.5. The highest BCUT2D eigenvalue weighted by Gasteiger charge is 2.62. The molecule has 4 fully saturated rings. The minimum Gasteiger partial charge on any atom is -0.299 e. The molecule has 2 heteroatoms. The summed E-state index contributed by atoms with van der Waals surface area (Å²) >= 11 is 0. The Hall–Kier alpha value is -0.660. The van der Waals surface area contributed by atoms with Crippen LogP contribution in [-0.2, 0) is 9.59 Å². The van der Waals surface area contributed by atoms with Gasteiger partial charge in [-0.2, -0.15) is 0 Å². The van der Waals surface area contributed by atoms with Gasteiger partial charge in [-0.25, -0.2) is 0 Å². The number of fused-ring (bicyclic) bond motifs is 5. The predicted octanol–water partition coefficient (Wildman–Crippen LogP) is 4.17. The molecule has 0 aliphatic heterocycles. The van der Waals surface area contributed by atoms with Crippen LogP contribution in [0.2, 0.25) is 0 Å². The number of hydrogen-bond donors (Lipinski definition) is 0. The van der Waals surface area contributed by atoms with Gasteiger partial charge in [0.2, 0.25) is 0 Å². The number of hydrogen-bond acceptors (Lipinski definition) is 2. The third-order valence-electron chi connectivity index (χ3n) is 7.98. The van der Waals surface area contributed by atoms with Crippen LogP contribution in [0.5, 0.6) is 0 Å². The molecule has 21 heavy (non-hydrogen) atoms. The number of carbonyl (C=O) groups is 2. The van der Waals surface area contributed by atoms with E-state index in [4.69, 9.17) is 0 Å². The fraction of sp³-hybridized carbons (Fsp3) is 0.895. The van der Waals surface area contributed by atoms with Gasteiger partial charge in [0, 0.05) is 24.2 Å². The molecule has 0 amide bonds. The Morgan fingerprint density at radius 3 is 2.62 bits per heavy atom. The third-order valence-corrected chi connectivity index (χ3v) is 7.98. The van der Waals surface area contributed by atoms with E-state index >= 15 is 0 Å². The summed E-state index contributed by atoms with van der Waals surface area (Å²) in [7, 11) is 0. The molecule has 0 unspecified atom stereocenters. The highest BCUT2D eigenvalue weighted by Crippen LogP contribution is 2.64. The van der Waals surface area contributed by atoms with Crippen molar-refractivity contribution in [2.24, 2.45) is 34.5 Å². The molecule has 0 spiro atoms. The quantitative estimate of drug-likeness (QED) is 0.670. The Kier molecular flexibility index (Phi) is 2.94. The van der Waals surface area contributed by atoms with E-state index in [1.54, 1.807) is 0 Å². The SMILES string of the molecule is C[C@]12CCCC[C@@H]1CC[C@@H]1[C@@H]2C(=O)C[C@]2(C)C(=O)CC[C@@H]12. The maximum absolute atomic E-state index is 13.0. The van der Waals surface area contributed by atoms with Crippen LogP contribution in [0, 0.1) is 34.5 Å². The van der Waals surface area contributed by atoms with Crippen LogP contribution >= 0.6 is 0 Å². The normalized spacial score (nSPS) is 53.0. The van der Waals surface area contributed by atoms with Gasteiger partial charge in [-0.3, -0.25) is 9.59 Å². The summed E-state index contributed by atoms with van der Waals surface area (Å²) in [6, 6.07) is 0. The van der Waals surface area contributed by atoms with Crippen molar-refractivity contribution < 1.29 is 9.59 Å². The summed E-state index contributed by atoms with van der Waals surface area (Å²) in [6.45, 7) is 4.50. The zero-order chi connectivity index (χ0) is 14.8. The monoisotopic (exact) mass is 288 g/mol. The molecule has 0 N–H and O–H groups in total. The van der Waals surface area contributed by atoms with Crippen molar-refractivity contribution in [1.82, 2.24) is 0 Å². The van der Waals surface area contributed by atoms with Gasteiger partial charge in [-0.1, -0.05) is 26.7 Å². The van der Waals surface area contributed by atoms with E-state index in [0.717, 1.165) is 18.8 Å². The summed E-state index contributed by atoms with van der Waals surface area (Å²) in [6.07, 6.45) is 10.0. The molecular formula is C19H28O2. The van der Waals surface area contributed by atoms with Gasteiger partial charge < -0.3 is 0 Å². The molecule has 116 valence electrons. The second-order valence-corrected chi connectivity index (χ2v) is 8.80. The molecule has 0 aromatic carbocycles. The van der Waals surface area contributed by atoms with Crippen LogP contribution in [0.25, 0.3) is 0 Å². The topological polar surface area (TPSA) is 34.1 Å². The smallest absolute Gasteiger partial charge is 0.139 e. The Balaban J connectivity index is 1.73. The highest BCUT2D eigenvalue weighted by atomic mass is 16.1. The van der Waals surface area contributed by atoms with Gasteiger partial charge in [0.05, 0.1) is 0 Å². The summed E-state index contributed by atoms with van der Waals surface area (Å²) in [4.78, 5) is 25.4. The summed E-state index contributed by atoms with van der Waals surface area (Å²) in [5.41, 5.74) is -0.0681. The van der Waals surface area contributed by atoms with E-state index < -0.39 is 0 Å². The van der Waals surface area contributed by atoms with Crippen LogP contribution in [0.3, 0.4) is 0 Å². The molecule has 0 radical (unpaired) electrons. The molecule has 0 aromatic heterocycles. The van der Waals surface area contributed by atoms with E-state index in [1.165, 1.54) is 38.5 Å². The van der Waals surface area contributed by atoms with Gasteiger partial charge in [-0.15, -0.1) is 0 Å². The first-order chi connectivity index (χ1) is 9.97. The van der Waals surface area contributed by atoms with Crippen molar-refractivity contribution in [3.05, 3.63) is 0 Å². The molecule has 0 heterocycles. The number of rotatable bonds is 0. The molecule has 4 aliphatic rings. The molecule has 0 saturated heterocycles. The van der Waals surface area contributed by atoms with E-state index in [1.807, 2.05) is 0 Å². The van der Waals surface area contributed by atoms with Crippen molar-refractivity contribution in [3.63, 3.8) is 0 Å². The Morgan fingerprint density at radius 2 is 1.81 bits per heavy atom. The van der Waals surface area contributed by atoms with Gasteiger partial charge in [0.15, 0.2) is 0 Å². The minimum atomic E-state index is -0.309. The van der Waals surface area contributed by atoms with Gasteiger partial charge in [0.1, 0.15) is 11.6 Å². The van der Waals surface area contributed by atoms with Crippen molar-refractivity contribution >= 4 is 11.6 Å². The summed E-state index contributed by atoms with van der Waals surface area (Å²) in [5, 5.41) is 0. The van der Waals surface area contributed by atoms with E-state index in [2.05, 4.69) is 13.8 Å². The summed E-state index contributed by atoms with van der Waals surface area (Å²) in [5.74, 6) is 2.83. The van der Waals surface area contributed by atoms with Crippen LogP contribution in [0.1, 0.15) is 71.6 Å². The lowest BCUT2D eigenvalue weighted by Crippen LogP contribution is -2.56. The second kappa shape index (κ2) is 4.43. The average Bonchev–Trinajstić information content (AvgIpc) is 2.73. The predicted molar refractivity (Wildman–Crippen MR) is 81.7 cm³/mol. The number of Topliss-reactive ketones (excluding diaryl/α,β-unsaturated/α-hetero) is 2. The molecule has 4 rings (SSSR count). The number of ketones is 2. The Labute approximate surface area is 128 Å². The largest absolute Gasteiger partial charge is 0.299 e. The molecule has 4 aliphatic carbocycles. The van der Waals surface area contributed by atoms with Crippen LogP contribution in [-0.4, -0.2) is 11.6 Å². The lowest BCUT2D eigenvalue weighted by atomic mass is 9.45.